The summed E-state index contributed by atoms with van der Waals surface area (Å²) < 4.78 is 32.9. The summed E-state index contributed by atoms with van der Waals surface area (Å²) in [6, 6.07) is 14.1. The Morgan fingerprint density at radius 1 is 0.941 bits per heavy atom. The lowest BCUT2D eigenvalue weighted by atomic mass is 9.89. The van der Waals surface area contributed by atoms with Crippen LogP contribution in [-0.2, 0) is 19.6 Å². The highest BCUT2D eigenvalue weighted by Crippen LogP contribution is 2.27. The number of nitrogens with zero attached hydrogens (tertiary/aromatic N) is 2. The van der Waals surface area contributed by atoms with Crippen molar-refractivity contribution in [3.63, 3.8) is 0 Å². The first-order valence-electron chi connectivity index (χ1n) is 11.3. The Morgan fingerprint density at radius 3 is 2.18 bits per heavy atom. The molecule has 2 aromatic rings. The second-order valence-corrected chi connectivity index (χ2v) is 10.8. The summed E-state index contributed by atoms with van der Waals surface area (Å²) >= 11 is 5.89. The molecule has 2 heterocycles. The third kappa shape index (κ3) is 5.60. The molecule has 34 heavy (non-hydrogen) atoms. The maximum absolute atomic E-state index is 13.4. The molecule has 2 amide bonds. The smallest absolute Gasteiger partial charge is 0.251 e. The van der Waals surface area contributed by atoms with E-state index in [1.165, 1.54) is 16.4 Å². The quantitative estimate of drug-likeness (QED) is 0.650. The minimum Gasteiger partial charge on any atom is -0.378 e. The molecule has 10 heteroatoms. The van der Waals surface area contributed by atoms with E-state index in [0.717, 1.165) is 0 Å². The Hall–Kier alpha value is -2.46. The minimum absolute atomic E-state index is 0.147. The van der Waals surface area contributed by atoms with Crippen LogP contribution in [-0.4, -0.2) is 74.9 Å². The van der Waals surface area contributed by atoms with E-state index in [0.29, 0.717) is 49.7 Å². The Morgan fingerprint density at radius 2 is 1.56 bits per heavy atom. The summed E-state index contributed by atoms with van der Waals surface area (Å²) in [5, 5.41) is 3.41. The fraction of sp³-hybridized carbons (Fsp3) is 0.417. The first-order chi connectivity index (χ1) is 16.4. The molecular weight excluding hydrogens is 478 g/mol. The Balaban J connectivity index is 1.48. The van der Waals surface area contributed by atoms with Crippen molar-refractivity contribution in [2.24, 2.45) is 5.92 Å². The van der Waals surface area contributed by atoms with Crippen molar-refractivity contribution in [2.45, 2.75) is 23.8 Å². The van der Waals surface area contributed by atoms with Gasteiger partial charge < -0.3 is 15.0 Å². The van der Waals surface area contributed by atoms with E-state index in [-0.39, 0.29) is 35.7 Å². The van der Waals surface area contributed by atoms with Crippen LogP contribution in [0.25, 0.3) is 0 Å². The van der Waals surface area contributed by atoms with Crippen LogP contribution in [0.5, 0.6) is 0 Å². The van der Waals surface area contributed by atoms with Crippen molar-refractivity contribution in [3.05, 3.63) is 65.2 Å². The van der Waals surface area contributed by atoms with Gasteiger partial charge in [-0.05, 0) is 55.2 Å². The molecule has 2 saturated heterocycles. The number of amides is 2. The van der Waals surface area contributed by atoms with E-state index in [4.69, 9.17) is 16.3 Å². The molecule has 4 rings (SSSR count). The molecule has 0 unspecified atom stereocenters. The Bertz CT molecular complexity index is 1100. The minimum atomic E-state index is -3.66. The van der Waals surface area contributed by atoms with Gasteiger partial charge in [0, 0.05) is 36.8 Å². The SMILES string of the molecule is O=C(N[C@@H](C(=O)N1CCOCC1)C1CCN(S(=O)(=O)c2ccc(Cl)cc2)CC1)c1ccccc1. The molecule has 0 aliphatic carbocycles. The summed E-state index contributed by atoms with van der Waals surface area (Å²) in [7, 11) is -3.66. The molecule has 0 saturated carbocycles. The molecule has 2 fully saturated rings. The third-order valence-corrected chi connectivity index (χ3v) is 8.50. The van der Waals surface area contributed by atoms with Gasteiger partial charge in [-0.25, -0.2) is 8.42 Å². The number of piperidine rings is 1. The lowest BCUT2D eigenvalue weighted by molar-refractivity contribution is -0.139. The molecule has 182 valence electrons. The summed E-state index contributed by atoms with van der Waals surface area (Å²) in [4.78, 5) is 28.2. The topological polar surface area (TPSA) is 96.0 Å². The van der Waals surface area contributed by atoms with Crippen molar-refractivity contribution in [2.75, 3.05) is 39.4 Å². The number of halogens is 1. The van der Waals surface area contributed by atoms with E-state index < -0.39 is 16.1 Å². The molecule has 0 bridgehead atoms. The van der Waals surface area contributed by atoms with Crippen LogP contribution >= 0.6 is 11.6 Å². The van der Waals surface area contributed by atoms with Gasteiger partial charge >= 0.3 is 0 Å². The number of benzene rings is 2. The van der Waals surface area contributed by atoms with Crippen LogP contribution in [0.3, 0.4) is 0 Å². The van der Waals surface area contributed by atoms with Crippen LogP contribution < -0.4 is 5.32 Å². The van der Waals surface area contributed by atoms with E-state index in [2.05, 4.69) is 5.32 Å². The number of rotatable bonds is 6. The number of nitrogens with one attached hydrogen (secondary N) is 1. The fourth-order valence-electron chi connectivity index (χ4n) is 4.38. The van der Waals surface area contributed by atoms with Crippen LogP contribution in [0, 0.1) is 5.92 Å². The second-order valence-electron chi connectivity index (χ2n) is 8.45. The van der Waals surface area contributed by atoms with Crippen molar-refractivity contribution < 1.29 is 22.7 Å². The van der Waals surface area contributed by atoms with Gasteiger partial charge in [-0.3, -0.25) is 9.59 Å². The zero-order valence-electron chi connectivity index (χ0n) is 18.7. The largest absolute Gasteiger partial charge is 0.378 e. The van der Waals surface area contributed by atoms with E-state index in [1.807, 2.05) is 6.07 Å². The predicted molar refractivity (Wildman–Crippen MR) is 128 cm³/mol. The van der Waals surface area contributed by atoms with Gasteiger partial charge in [0.15, 0.2) is 0 Å². The number of hydrogen-bond donors (Lipinski definition) is 1. The second kappa shape index (κ2) is 10.9. The monoisotopic (exact) mass is 505 g/mol. The molecular formula is C24H28ClN3O5S. The number of carbonyl (C=O) groups excluding carboxylic acids is 2. The summed E-state index contributed by atoms with van der Waals surface area (Å²) in [6.45, 7) is 2.40. The van der Waals surface area contributed by atoms with Gasteiger partial charge in [0.2, 0.25) is 15.9 Å². The molecule has 0 radical (unpaired) electrons. The summed E-state index contributed by atoms with van der Waals surface area (Å²) in [5.74, 6) is -0.644. The predicted octanol–water partition coefficient (Wildman–Crippen LogP) is 2.40. The summed E-state index contributed by atoms with van der Waals surface area (Å²) in [5.41, 5.74) is 0.477. The van der Waals surface area contributed by atoms with Crippen molar-refractivity contribution in [1.29, 1.82) is 0 Å². The number of ether oxygens (including phenoxy) is 1. The highest BCUT2D eigenvalue weighted by Gasteiger charge is 2.38. The van der Waals surface area contributed by atoms with Crippen LogP contribution in [0.15, 0.2) is 59.5 Å². The van der Waals surface area contributed by atoms with Gasteiger partial charge in [0.1, 0.15) is 6.04 Å². The van der Waals surface area contributed by atoms with Crippen LogP contribution in [0.2, 0.25) is 5.02 Å². The van der Waals surface area contributed by atoms with Gasteiger partial charge in [-0.2, -0.15) is 4.31 Å². The number of hydrogen-bond acceptors (Lipinski definition) is 5. The van der Waals surface area contributed by atoms with Crippen LogP contribution in [0.1, 0.15) is 23.2 Å². The number of carbonyl (C=O) groups is 2. The maximum atomic E-state index is 13.4. The lowest BCUT2D eigenvalue weighted by Gasteiger charge is -2.38. The van der Waals surface area contributed by atoms with Gasteiger partial charge in [-0.1, -0.05) is 29.8 Å². The molecule has 2 aromatic carbocycles. The fourth-order valence-corrected chi connectivity index (χ4v) is 5.98. The van der Waals surface area contributed by atoms with E-state index in [1.54, 1.807) is 41.3 Å². The number of morpholine rings is 1. The normalized spacial score (nSPS) is 18.9. The van der Waals surface area contributed by atoms with Crippen molar-refractivity contribution >= 4 is 33.4 Å². The molecule has 0 spiro atoms. The highest BCUT2D eigenvalue weighted by molar-refractivity contribution is 7.89. The zero-order valence-corrected chi connectivity index (χ0v) is 20.3. The average molecular weight is 506 g/mol. The third-order valence-electron chi connectivity index (χ3n) is 6.33. The summed E-state index contributed by atoms with van der Waals surface area (Å²) in [6.07, 6.45) is 0.922. The molecule has 1 N–H and O–H groups in total. The highest BCUT2D eigenvalue weighted by atomic mass is 35.5. The Labute approximate surface area is 204 Å². The average Bonchev–Trinajstić information content (AvgIpc) is 2.88. The first-order valence-corrected chi connectivity index (χ1v) is 13.2. The molecule has 0 aromatic heterocycles. The first kappa shape index (κ1) is 24.7. The van der Waals surface area contributed by atoms with Crippen molar-refractivity contribution in [1.82, 2.24) is 14.5 Å². The van der Waals surface area contributed by atoms with E-state index in [9.17, 15) is 18.0 Å². The molecule has 1 atom stereocenters. The molecule has 8 nitrogen and oxygen atoms in total. The maximum Gasteiger partial charge on any atom is 0.251 e. The Kier molecular flexibility index (Phi) is 7.88. The van der Waals surface area contributed by atoms with Crippen LogP contribution in [0.4, 0.5) is 0 Å². The standard InChI is InChI=1S/C24H28ClN3O5S/c25-20-6-8-21(9-7-20)34(31,32)28-12-10-18(11-13-28)22(24(30)27-14-16-33-17-15-27)26-23(29)19-4-2-1-3-5-19/h1-9,18,22H,10-17H2,(H,26,29)/t22-/m1/s1. The van der Waals surface area contributed by atoms with Gasteiger partial charge in [0.25, 0.3) is 5.91 Å². The van der Waals surface area contributed by atoms with E-state index >= 15 is 0 Å². The lowest BCUT2D eigenvalue weighted by Crippen LogP contribution is -2.56. The van der Waals surface area contributed by atoms with Gasteiger partial charge in [-0.15, -0.1) is 0 Å². The zero-order chi connectivity index (χ0) is 24.1. The molecule has 2 aliphatic heterocycles. The van der Waals surface area contributed by atoms with Crippen molar-refractivity contribution in [3.8, 4) is 0 Å². The van der Waals surface area contributed by atoms with Gasteiger partial charge in [0.05, 0.1) is 18.1 Å². The molecule has 2 aliphatic rings. The number of sulfonamides is 1.